The fourth-order valence-corrected chi connectivity index (χ4v) is 6.89. The van der Waals surface area contributed by atoms with Crippen LogP contribution in [0.5, 0.6) is 29.0 Å². The first-order valence-corrected chi connectivity index (χ1v) is 25.3. The molecule has 7 aromatic rings. The van der Waals surface area contributed by atoms with Gasteiger partial charge < -0.3 is 50.5 Å². The van der Waals surface area contributed by atoms with Crippen LogP contribution in [0.2, 0.25) is 0 Å². The number of carbonyl (C=O) groups is 4. The molecule has 0 bridgehead atoms. The third kappa shape index (κ3) is 22.7. The first-order valence-electron chi connectivity index (χ1n) is 25.3. The standard InChI is InChI=1S/C25H28F3N7O4.C19H22N4O3.C12H12F3N3O2.Na.H/c1-24(2,3)39-23(37)34(5)13-16-11-21(32-14-31-16)38-17-6-7-18-15(10-17)8-9-35(18)22(36)33-20(29)12-19(30-4)25(26,27)28;1-19(2,3)26-18(24)23(4)11-14-10-17(22-12-21-14)25-15-5-6-16-13(9-15)7-8-20-16;1-17-9(12(13,14)15)7-10(16)18-11(19)20-8-5-3-2-4-6-8;;/h6-12,14,30H,13H2,1-5H3,(H2,29,33,36);5-10,12,20H,11H2,1-4H3;2-7,17H,1H3,(H2,16,18,19);;/q;;;+1;-1/b19-12-;;9-7-;;. The summed E-state index contributed by atoms with van der Waals surface area (Å²) >= 11 is 0. The maximum Gasteiger partial charge on any atom is 1.00 e. The molecule has 4 aromatic heterocycles. The predicted octanol–water partition coefficient (Wildman–Crippen LogP) is 8.44. The normalized spacial score (nSPS) is 11.7. The molecule has 0 fully saturated rings. The van der Waals surface area contributed by atoms with Crippen LogP contribution < -0.4 is 65.0 Å². The number of aromatic amines is 1. The zero-order valence-electron chi connectivity index (χ0n) is 49.6. The van der Waals surface area contributed by atoms with Crippen LogP contribution in [0, 0.1) is 10.8 Å². The van der Waals surface area contributed by atoms with Crippen molar-refractivity contribution in [3.05, 3.63) is 151 Å². The van der Waals surface area contributed by atoms with E-state index in [1.54, 1.807) is 89.5 Å². The fourth-order valence-electron chi connectivity index (χ4n) is 6.89. The summed E-state index contributed by atoms with van der Waals surface area (Å²) in [5.74, 6) is 0.453. The molecule has 7 N–H and O–H groups in total. The molecule has 3 aromatic carbocycles. The maximum absolute atomic E-state index is 12.9. The molecule has 454 valence electrons. The minimum Gasteiger partial charge on any atom is -1.00 e. The third-order valence-electron chi connectivity index (χ3n) is 10.6. The Labute approximate surface area is 513 Å². The van der Waals surface area contributed by atoms with Crippen LogP contribution in [0.1, 0.15) is 54.4 Å². The number of nitrogens with zero attached hydrogens (tertiary/aromatic N) is 7. The summed E-state index contributed by atoms with van der Waals surface area (Å²) in [7, 11) is 5.38. The number of aromatic nitrogens is 6. The summed E-state index contributed by atoms with van der Waals surface area (Å²) in [5, 5.41) is 24.5. The summed E-state index contributed by atoms with van der Waals surface area (Å²) in [6, 6.07) is 24.5. The molecule has 30 heteroatoms. The van der Waals surface area contributed by atoms with Crippen LogP contribution in [-0.4, -0.2) is 127 Å². The topological polar surface area (TPSA) is 289 Å². The van der Waals surface area contributed by atoms with Crippen molar-refractivity contribution in [2.24, 2.45) is 0 Å². The van der Waals surface area contributed by atoms with Crippen molar-refractivity contribution in [2.75, 3.05) is 28.2 Å². The quantitative estimate of drug-likeness (QED) is 0.0247. The number of nitrogens with one attached hydrogen (secondary N) is 7. The number of benzene rings is 3. The number of para-hydroxylation sites is 1. The number of alkyl halides is 6. The second-order valence-electron chi connectivity index (χ2n) is 19.9. The molecular weight excluding hydrogens is 1150 g/mol. The monoisotopic (exact) mass is 1210 g/mol. The fraction of sp³-hybridized carbons (Fsp3) is 0.286. The number of H-pyrrole nitrogens is 1. The van der Waals surface area contributed by atoms with E-state index in [1.807, 2.05) is 67.2 Å². The Morgan fingerprint density at radius 3 is 1.58 bits per heavy atom. The number of fused-ring (bicyclic) bond motifs is 2. The predicted molar refractivity (Wildman–Crippen MR) is 302 cm³/mol. The van der Waals surface area contributed by atoms with Crippen molar-refractivity contribution < 1.29 is 100 Å². The molecule has 0 aliphatic carbocycles. The molecule has 0 saturated carbocycles. The summed E-state index contributed by atoms with van der Waals surface area (Å²) in [4.78, 5) is 70.7. The second kappa shape index (κ2) is 30.5. The van der Waals surface area contributed by atoms with Crippen molar-refractivity contribution >= 4 is 57.8 Å². The van der Waals surface area contributed by atoms with Gasteiger partial charge in [0.25, 0.3) is 0 Å². The van der Waals surface area contributed by atoms with E-state index in [9.17, 15) is 45.5 Å². The zero-order valence-corrected chi connectivity index (χ0v) is 50.6. The minimum atomic E-state index is -4.69. The molecule has 0 aliphatic heterocycles. The number of hydrogen-bond acceptors (Lipinski definition) is 17. The smallest absolute Gasteiger partial charge is 1.00 e. The van der Waals surface area contributed by atoms with Gasteiger partial charge in [-0.2, -0.15) is 26.3 Å². The Morgan fingerprint density at radius 1 is 0.628 bits per heavy atom. The van der Waals surface area contributed by atoms with Crippen LogP contribution in [-0.2, 0) is 22.6 Å². The van der Waals surface area contributed by atoms with E-state index in [4.69, 9.17) is 34.5 Å². The van der Waals surface area contributed by atoms with E-state index in [0.29, 0.717) is 58.4 Å². The third-order valence-corrected chi connectivity index (χ3v) is 10.6. The van der Waals surface area contributed by atoms with Gasteiger partial charge >= 0.3 is 66.2 Å². The van der Waals surface area contributed by atoms with Crippen LogP contribution in [0.15, 0.2) is 140 Å². The molecule has 0 unspecified atom stereocenters. The van der Waals surface area contributed by atoms with Crippen molar-refractivity contribution in [2.45, 2.75) is 78.2 Å². The number of hydrogen-bond donors (Lipinski definition) is 7. The van der Waals surface area contributed by atoms with Gasteiger partial charge in [0, 0.05) is 81.2 Å². The first-order chi connectivity index (χ1) is 39.8. The molecular formula is C56H63F6N14NaO9. The number of rotatable bonds is 13. The van der Waals surface area contributed by atoms with Crippen molar-refractivity contribution in [3.8, 4) is 29.0 Å². The van der Waals surface area contributed by atoms with E-state index in [0.717, 1.165) is 29.6 Å². The van der Waals surface area contributed by atoms with Gasteiger partial charge in [0.2, 0.25) is 11.8 Å². The van der Waals surface area contributed by atoms with Gasteiger partial charge in [-0.15, -0.1) is 0 Å². The largest absolute Gasteiger partial charge is 1.00 e. The number of ether oxygens (including phenoxy) is 5. The molecule has 0 atom stereocenters. The van der Waals surface area contributed by atoms with E-state index in [1.165, 1.54) is 40.8 Å². The number of amides is 4. The van der Waals surface area contributed by atoms with Crippen LogP contribution in [0.3, 0.4) is 0 Å². The Hall–Kier alpha value is -9.22. The molecule has 4 heterocycles. The van der Waals surface area contributed by atoms with Gasteiger partial charge in [-0.3, -0.25) is 26.0 Å². The number of allylic oxidation sites excluding steroid dienone is 2. The Kier molecular flexibility index (Phi) is 24.6. The molecule has 0 radical (unpaired) electrons. The summed E-state index contributed by atoms with van der Waals surface area (Å²) in [5.41, 5.74) is -0.845. The first kappa shape index (κ1) is 69.3. The average molecular weight is 1210 g/mol. The van der Waals surface area contributed by atoms with E-state index >= 15 is 0 Å². The second-order valence-corrected chi connectivity index (χ2v) is 19.9. The number of halogens is 6. The molecule has 4 amide bonds. The maximum atomic E-state index is 12.9. The van der Waals surface area contributed by atoms with Crippen LogP contribution in [0.25, 0.3) is 21.8 Å². The van der Waals surface area contributed by atoms with E-state index in [-0.39, 0.29) is 49.2 Å². The van der Waals surface area contributed by atoms with Crippen LogP contribution in [0.4, 0.5) is 45.5 Å². The molecule has 0 spiro atoms. The van der Waals surface area contributed by atoms with Gasteiger partial charge in [0.05, 0.1) is 30.0 Å². The van der Waals surface area contributed by atoms with E-state index in [2.05, 4.69) is 30.2 Å². The Morgan fingerprint density at radius 2 is 1.10 bits per heavy atom. The molecule has 0 saturated heterocycles. The SMILES string of the molecule is CN(Cc1cc(Oc2ccc3[nH]ccc3c2)ncn1)C(=O)OC(C)(C)C.CN/C(=C\C(=N)NC(=O)Oc1ccccc1)C(F)(F)F.CN/C(=C\C(=N)NC(=O)n1ccc2cc(Oc3cc(CN(C)C(=O)OC(C)(C)C)ncn3)ccc21)C(F)(F)F.[H-].[Na+]. The van der Waals surface area contributed by atoms with Gasteiger partial charge in [-0.05, 0) is 102 Å². The Bertz CT molecular complexity index is 3550. The molecule has 7 rings (SSSR count). The van der Waals surface area contributed by atoms with E-state index < -0.39 is 70.9 Å². The minimum absolute atomic E-state index is 0. The molecule has 23 nitrogen and oxygen atoms in total. The average Bonchev–Trinajstić information content (AvgIpc) is 3.29. The zero-order chi connectivity index (χ0) is 62.9. The van der Waals surface area contributed by atoms with Gasteiger partial charge in [-0.25, -0.2) is 39.1 Å². The Balaban J connectivity index is 0.000000359. The van der Waals surface area contributed by atoms with Crippen molar-refractivity contribution in [1.29, 1.82) is 10.8 Å². The summed E-state index contributed by atoms with van der Waals surface area (Å²) in [6.07, 6.45) is -4.33. The molecule has 86 heavy (non-hydrogen) atoms. The van der Waals surface area contributed by atoms with Gasteiger partial charge in [-0.1, -0.05) is 18.2 Å². The summed E-state index contributed by atoms with van der Waals surface area (Å²) in [6.45, 7) is 11.3. The van der Waals surface area contributed by atoms with Crippen molar-refractivity contribution in [3.63, 3.8) is 0 Å². The summed E-state index contributed by atoms with van der Waals surface area (Å²) < 4.78 is 104. The molecule has 0 aliphatic rings. The van der Waals surface area contributed by atoms with Crippen molar-refractivity contribution in [1.82, 2.24) is 60.6 Å². The van der Waals surface area contributed by atoms with Gasteiger partial charge in [0.15, 0.2) is 0 Å². The number of amidine groups is 2. The van der Waals surface area contributed by atoms with Crippen LogP contribution >= 0.6 is 0 Å². The number of carbonyl (C=O) groups excluding carboxylic acids is 4. The van der Waals surface area contributed by atoms with Gasteiger partial charge in [0.1, 0.15) is 64.2 Å².